The van der Waals surface area contributed by atoms with Gasteiger partial charge in [-0.05, 0) is 0 Å². The van der Waals surface area contributed by atoms with Crippen LogP contribution < -0.4 is 11.5 Å². The van der Waals surface area contributed by atoms with Gasteiger partial charge in [0.05, 0.1) is 12.9 Å². The maximum absolute atomic E-state index is 10.0. The van der Waals surface area contributed by atoms with Gasteiger partial charge in [0.1, 0.15) is 17.7 Å². The minimum atomic E-state index is -1.70. The second-order valence-corrected chi connectivity index (χ2v) is 6.06. The summed E-state index contributed by atoms with van der Waals surface area (Å²) in [5.41, 5.74) is 11.8. The maximum Gasteiger partial charge on any atom is 0.224 e. The van der Waals surface area contributed by atoms with Gasteiger partial charge in [0.25, 0.3) is 0 Å². The van der Waals surface area contributed by atoms with E-state index in [0.717, 1.165) is 0 Å². The molecule has 0 bridgehead atoms. The molecule has 0 saturated carbocycles. The molecule has 1 unspecified atom stereocenters. The average molecular weight is 335 g/mol. The van der Waals surface area contributed by atoms with E-state index in [0.29, 0.717) is 5.52 Å². The van der Waals surface area contributed by atoms with Crippen LogP contribution in [0, 0.1) is 0 Å². The quantitative estimate of drug-likeness (QED) is 0.533. The molecule has 21 heavy (non-hydrogen) atoms. The van der Waals surface area contributed by atoms with Crippen LogP contribution in [-0.2, 0) is 4.74 Å². The lowest BCUT2D eigenvalue weighted by Gasteiger charge is -2.23. The van der Waals surface area contributed by atoms with Crippen LogP contribution in [0.3, 0.4) is 0 Å². The van der Waals surface area contributed by atoms with Crippen LogP contribution in [-0.4, -0.2) is 52.9 Å². The van der Waals surface area contributed by atoms with Crippen molar-refractivity contribution in [2.24, 2.45) is 0 Å². The number of hydrogen-bond donors (Lipinski definition) is 4. The van der Waals surface area contributed by atoms with Crippen LogP contribution in [0.25, 0.3) is 11.2 Å². The first-order valence-electron chi connectivity index (χ1n) is 5.94. The Balaban J connectivity index is 2.13. The number of rotatable bonds is 2. The number of imidazole rings is 1. The summed E-state index contributed by atoms with van der Waals surface area (Å²) in [4.78, 5) is 11.9. The van der Waals surface area contributed by atoms with E-state index in [1.807, 2.05) is 0 Å². The number of nitrogens with two attached hydrogens (primary N) is 2. The van der Waals surface area contributed by atoms with E-state index in [1.54, 1.807) is 0 Å². The normalized spacial score (nSPS) is 28.3. The van der Waals surface area contributed by atoms with Crippen molar-refractivity contribution in [1.82, 2.24) is 19.5 Å². The lowest BCUT2D eigenvalue weighted by atomic mass is 10.2. The molecular weight excluding hydrogens is 323 g/mol. The second kappa shape index (κ2) is 4.82. The first-order chi connectivity index (χ1) is 9.86. The van der Waals surface area contributed by atoms with Crippen LogP contribution in [0.4, 0.5) is 11.8 Å². The molecule has 0 aromatic carbocycles. The molecule has 3 atom stereocenters. The van der Waals surface area contributed by atoms with E-state index in [2.05, 4.69) is 15.0 Å². The standard InChI is InChI=1S/C10H12Cl2N6O3/c11-10(12)5(20)3(1-19)21-8(10)18-2-15-4-6(13)16-9(14)17-7(4)18/h2-3,5,8,19-20H,1H2,(H4,13,14,16,17)/t3-,5?,8-/m1/s1. The predicted octanol–water partition coefficient (Wildman–Crippen LogP) is -0.585. The minimum absolute atomic E-state index is 0.0475. The zero-order valence-corrected chi connectivity index (χ0v) is 12.0. The molecule has 0 aliphatic carbocycles. The first kappa shape index (κ1) is 14.5. The molecule has 11 heteroatoms. The zero-order chi connectivity index (χ0) is 15.4. The number of alkyl halides is 2. The molecule has 2 aromatic rings. The van der Waals surface area contributed by atoms with Gasteiger partial charge in [0.2, 0.25) is 5.95 Å². The third-order valence-electron chi connectivity index (χ3n) is 3.28. The van der Waals surface area contributed by atoms with Crippen LogP contribution in [0.5, 0.6) is 0 Å². The highest BCUT2D eigenvalue weighted by Gasteiger charge is 2.55. The van der Waals surface area contributed by atoms with Gasteiger partial charge < -0.3 is 26.4 Å². The van der Waals surface area contributed by atoms with Crippen molar-refractivity contribution < 1.29 is 14.9 Å². The minimum Gasteiger partial charge on any atom is -0.394 e. The number of aliphatic hydroxyl groups excluding tert-OH is 2. The molecule has 9 nitrogen and oxygen atoms in total. The fourth-order valence-corrected chi connectivity index (χ4v) is 2.84. The zero-order valence-electron chi connectivity index (χ0n) is 10.5. The Morgan fingerprint density at radius 1 is 1.38 bits per heavy atom. The summed E-state index contributed by atoms with van der Waals surface area (Å²) >= 11 is 12.3. The van der Waals surface area contributed by atoms with Gasteiger partial charge in [-0.1, -0.05) is 23.2 Å². The number of nitrogens with zero attached hydrogens (tertiary/aromatic N) is 4. The number of hydrogen-bond acceptors (Lipinski definition) is 8. The number of nitrogen functional groups attached to an aromatic ring is 2. The van der Waals surface area contributed by atoms with E-state index in [9.17, 15) is 10.2 Å². The average Bonchev–Trinajstić information content (AvgIpc) is 2.91. The molecule has 0 amide bonds. The van der Waals surface area contributed by atoms with Crippen LogP contribution in [0.15, 0.2) is 6.33 Å². The topological polar surface area (TPSA) is 145 Å². The summed E-state index contributed by atoms with van der Waals surface area (Å²) in [7, 11) is 0. The number of aromatic nitrogens is 4. The summed E-state index contributed by atoms with van der Waals surface area (Å²) in [6, 6.07) is 0. The molecule has 0 spiro atoms. The highest BCUT2D eigenvalue weighted by atomic mass is 35.5. The molecule has 114 valence electrons. The van der Waals surface area contributed by atoms with Gasteiger partial charge in [-0.25, -0.2) is 4.98 Å². The monoisotopic (exact) mass is 334 g/mol. The van der Waals surface area contributed by atoms with Crippen molar-refractivity contribution in [1.29, 1.82) is 0 Å². The van der Waals surface area contributed by atoms with E-state index < -0.39 is 29.4 Å². The summed E-state index contributed by atoms with van der Waals surface area (Å²) < 4.78 is 5.18. The third kappa shape index (κ3) is 2.09. The van der Waals surface area contributed by atoms with Crippen molar-refractivity contribution in [2.45, 2.75) is 22.8 Å². The predicted molar refractivity (Wildman–Crippen MR) is 75.6 cm³/mol. The Bertz CT molecular complexity index is 693. The molecule has 1 aliphatic rings. The number of aliphatic hydroxyl groups is 2. The van der Waals surface area contributed by atoms with E-state index in [-0.39, 0.29) is 17.4 Å². The Hall–Kier alpha value is -1.39. The summed E-state index contributed by atoms with van der Waals surface area (Å²) in [6.45, 7) is -0.440. The largest absolute Gasteiger partial charge is 0.394 e. The molecule has 0 radical (unpaired) electrons. The molecule has 1 aliphatic heterocycles. The summed E-state index contributed by atoms with van der Waals surface area (Å²) in [6.07, 6.45) is -1.89. The van der Waals surface area contributed by atoms with E-state index in [4.69, 9.17) is 39.4 Å². The smallest absolute Gasteiger partial charge is 0.224 e. The van der Waals surface area contributed by atoms with Crippen LogP contribution in [0.2, 0.25) is 0 Å². The fraction of sp³-hybridized carbons (Fsp3) is 0.500. The number of fused-ring (bicyclic) bond motifs is 1. The Morgan fingerprint density at radius 2 is 2.10 bits per heavy atom. The fourth-order valence-electron chi connectivity index (χ4n) is 2.25. The van der Waals surface area contributed by atoms with Crippen molar-refractivity contribution >= 4 is 46.1 Å². The van der Waals surface area contributed by atoms with Crippen molar-refractivity contribution in [3.05, 3.63) is 6.33 Å². The number of anilines is 2. The number of halogens is 2. The van der Waals surface area contributed by atoms with Crippen molar-refractivity contribution in [2.75, 3.05) is 18.1 Å². The van der Waals surface area contributed by atoms with Crippen molar-refractivity contribution in [3.8, 4) is 0 Å². The van der Waals surface area contributed by atoms with Crippen molar-refractivity contribution in [3.63, 3.8) is 0 Å². The molecular formula is C10H12Cl2N6O3. The summed E-state index contributed by atoms with van der Waals surface area (Å²) in [5.74, 6) is 0.0528. The maximum atomic E-state index is 10.0. The molecule has 3 rings (SSSR count). The molecule has 3 heterocycles. The van der Waals surface area contributed by atoms with Crippen LogP contribution in [0.1, 0.15) is 6.23 Å². The third-order valence-corrected chi connectivity index (χ3v) is 4.10. The Labute approximate surface area is 128 Å². The van der Waals surface area contributed by atoms with Gasteiger partial charge >= 0.3 is 0 Å². The number of ether oxygens (including phenoxy) is 1. The van der Waals surface area contributed by atoms with Crippen LogP contribution >= 0.6 is 23.2 Å². The second-order valence-electron chi connectivity index (χ2n) is 4.62. The van der Waals surface area contributed by atoms with Gasteiger partial charge in [0, 0.05) is 0 Å². The highest BCUT2D eigenvalue weighted by molar-refractivity contribution is 6.49. The summed E-state index contributed by atoms with van der Waals surface area (Å²) in [5, 5.41) is 19.2. The molecule has 1 saturated heterocycles. The highest BCUT2D eigenvalue weighted by Crippen LogP contribution is 2.47. The van der Waals surface area contributed by atoms with Gasteiger partial charge in [0.15, 0.2) is 22.0 Å². The lowest BCUT2D eigenvalue weighted by Crippen LogP contribution is -2.37. The lowest BCUT2D eigenvalue weighted by molar-refractivity contribution is -0.0434. The Morgan fingerprint density at radius 3 is 2.71 bits per heavy atom. The van der Waals surface area contributed by atoms with E-state index in [1.165, 1.54) is 10.9 Å². The van der Waals surface area contributed by atoms with Gasteiger partial charge in [-0.2, -0.15) is 9.97 Å². The SMILES string of the molecule is Nc1nc(N)c2ncn([C@@H]3O[C@H](CO)C(O)C3(Cl)Cl)c2n1. The molecule has 6 N–H and O–H groups in total. The Kier molecular flexibility index (Phi) is 3.34. The van der Waals surface area contributed by atoms with Gasteiger partial charge in [-0.15, -0.1) is 0 Å². The molecule has 1 fully saturated rings. The first-order valence-corrected chi connectivity index (χ1v) is 6.69. The van der Waals surface area contributed by atoms with E-state index >= 15 is 0 Å². The molecule has 2 aromatic heterocycles. The van der Waals surface area contributed by atoms with Gasteiger partial charge in [-0.3, -0.25) is 4.57 Å².